The van der Waals surface area contributed by atoms with Crippen molar-refractivity contribution in [2.24, 2.45) is 0 Å². The van der Waals surface area contributed by atoms with Crippen molar-refractivity contribution in [1.29, 1.82) is 0 Å². The van der Waals surface area contributed by atoms with E-state index in [1.807, 2.05) is 72.8 Å². The van der Waals surface area contributed by atoms with Gasteiger partial charge in [-0.15, -0.1) is 0 Å². The molecule has 0 spiro atoms. The maximum atomic E-state index is 12.8. The van der Waals surface area contributed by atoms with Gasteiger partial charge in [-0.3, -0.25) is 10.1 Å². The number of benzene rings is 3. The van der Waals surface area contributed by atoms with Gasteiger partial charge in [0.05, 0.1) is 17.3 Å². The van der Waals surface area contributed by atoms with E-state index in [2.05, 4.69) is 5.32 Å². The normalized spacial score (nSPS) is 18.6. The van der Waals surface area contributed by atoms with E-state index in [9.17, 15) is 9.90 Å². The van der Waals surface area contributed by atoms with Crippen molar-refractivity contribution in [2.75, 3.05) is 24.6 Å². The Kier molecular flexibility index (Phi) is 7.06. The zero-order valence-electron chi connectivity index (χ0n) is 17.8. The van der Waals surface area contributed by atoms with Crippen molar-refractivity contribution in [3.8, 4) is 5.75 Å². The Hall–Kier alpha value is -2.51. The molecule has 0 saturated carbocycles. The summed E-state index contributed by atoms with van der Waals surface area (Å²) in [5, 5.41) is 13.2. The second kappa shape index (κ2) is 9.96. The highest BCUT2D eigenvalue weighted by molar-refractivity contribution is 7.99. The summed E-state index contributed by atoms with van der Waals surface area (Å²) < 4.78 is 5.92. The lowest BCUT2D eigenvalue weighted by atomic mass is 9.98. The number of rotatable bonds is 7. The first-order valence-corrected chi connectivity index (χ1v) is 11.6. The molecule has 0 bridgehead atoms. The summed E-state index contributed by atoms with van der Waals surface area (Å²) in [5.74, 6) is 0.619. The molecule has 1 amide bonds. The van der Waals surface area contributed by atoms with Gasteiger partial charge in [-0.05, 0) is 48.9 Å². The highest BCUT2D eigenvalue weighted by atomic mass is 35.5. The number of hydrogen-bond acceptors (Lipinski definition) is 5. The minimum atomic E-state index is -0.991. The average Bonchev–Trinajstić information content (AvgIpc) is 2.81. The summed E-state index contributed by atoms with van der Waals surface area (Å²) in [6.07, 6.45) is 0. The zero-order chi connectivity index (χ0) is 22.6. The van der Waals surface area contributed by atoms with Gasteiger partial charge in [0.15, 0.2) is 0 Å². The third-order valence-electron chi connectivity index (χ3n) is 5.38. The number of nitrogens with one attached hydrogen (secondary N) is 1. The molecule has 3 aromatic rings. The van der Waals surface area contributed by atoms with Crippen molar-refractivity contribution >= 4 is 35.0 Å². The minimum Gasteiger partial charge on any atom is -0.489 e. The molecule has 5 nitrogen and oxygen atoms in total. The summed E-state index contributed by atoms with van der Waals surface area (Å²) in [6.45, 7) is 3.04. The van der Waals surface area contributed by atoms with Crippen LogP contribution in [0, 0.1) is 0 Å². The molecule has 1 fully saturated rings. The standard InChI is InChI=1S/C25H25ClN2O3S/c1-25(17-29)24(30)28(13-12-27-25)23-11-10-21(15-22(23)26)32-20-9-5-8-19(14-20)31-16-18-6-3-2-4-7-18/h2-11,14-15,27,29H,12-13,16-17H2,1H3/t25-/m0/s1. The maximum absolute atomic E-state index is 12.8. The van der Waals surface area contributed by atoms with Crippen LogP contribution in [0.25, 0.3) is 0 Å². The highest BCUT2D eigenvalue weighted by Crippen LogP contribution is 2.36. The van der Waals surface area contributed by atoms with Crippen molar-refractivity contribution in [1.82, 2.24) is 5.32 Å². The van der Waals surface area contributed by atoms with Crippen LogP contribution in [0.1, 0.15) is 12.5 Å². The summed E-state index contributed by atoms with van der Waals surface area (Å²) in [4.78, 5) is 16.5. The molecular weight excluding hydrogens is 444 g/mol. The Morgan fingerprint density at radius 1 is 1.09 bits per heavy atom. The Labute approximate surface area is 197 Å². The molecule has 166 valence electrons. The molecule has 1 aliphatic rings. The first-order chi connectivity index (χ1) is 15.5. The number of anilines is 1. The van der Waals surface area contributed by atoms with Crippen LogP contribution in [0.4, 0.5) is 5.69 Å². The van der Waals surface area contributed by atoms with Crippen LogP contribution in [-0.2, 0) is 11.4 Å². The lowest BCUT2D eigenvalue weighted by molar-refractivity contribution is -0.127. The van der Waals surface area contributed by atoms with E-state index >= 15 is 0 Å². The van der Waals surface area contributed by atoms with Crippen molar-refractivity contribution in [3.05, 3.63) is 83.4 Å². The number of carbonyl (C=O) groups is 1. The molecule has 0 aromatic heterocycles. The van der Waals surface area contributed by atoms with Gasteiger partial charge in [-0.2, -0.15) is 0 Å². The fraction of sp³-hybridized carbons (Fsp3) is 0.240. The van der Waals surface area contributed by atoms with E-state index in [0.717, 1.165) is 21.1 Å². The Morgan fingerprint density at radius 3 is 2.62 bits per heavy atom. The molecular formula is C25H25ClN2O3S. The number of halogens is 1. The minimum absolute atomic E-state index is 0.184. The van der Waals surface area contributed by atoms with Gasteiger partial charge in [-0.25, -0.2) is 0 Å². The largest absolute Gasteiger partial charge is 0.489 e. The Morgan fingerprint density at radius 2 is 1.88 bits per heavy atom. The fourth-order valence-corrected chi connectivity index (χ4v) is 4.80. The zero-order valence-corrected chi connectivity index (χ0v) is 19.3. The molecule has 3 aromatic carbocycles. The van der Waals surface area contributed by atoms with E-state index in [4.69, 9.17) is 16.3 Å². The number of nitrogens with zero attached hydrogens (tertiary/aromatic N) is 1. The number of hydrogen-bond donors (Lipinski definition) is 2. The third kappa shape index (κ3) is 5.10. The number of aliphatic hydroxyl groups is 1. The van der Waals surface area contributed by atoms with Gasteiger partial charge in [-0.1, -0.05) is 59.8 Å². The van der Waals surface area contributed by atoms with Crippen molar-refractivity contribution < 1.29 is 14.6 Å². The van der Waals surface area contributed by atoms with Crippen molar-refractivity contribution in [3.63, 3.8) is 0 Å². The fourth-order valence-electron chi connectivity index (χ4n) is 3.55. The van der Waals surface area contributed by atoms with Crippen LogP contribution in [0.3, 0.4) is 0 Å². The predicted octanol–water partition coefficient (Wildman–Crippen LogP) is 4.76. The molecule has 4 rings (SSSR count). The number of piperazine rings is 1. The predicted molar refractivity (Wildman–Crippen MR) is 129 cm³/mol. The molecule has 0 radical (unpaired) electrons. The number of ether oxygens (including phenoxy) is 1. The van der Waals surface area contributed by atoms with E-state index in [1.54, 1.807) is 23.6 Å². The monoisotopic (exact) mass is 468 g/mol. The molecule has 1 atom stereocenters. The van der Waals surface area contributed by atoms with Gasteiger partial charge in [0, 0.05) is 22.9 Å². The number of amides is 1. The van der Waals surface area contributed by atoms with Crippen LogP contribution in [0.15, 0.2) is 82.6 Å². The second-order valence-corrected chi connectivity index (χ2v) is 9.39. The molecule has 32 heavy (non-hydrogen) atoms. The quantitative estimate of drug-likeness (QED) is 0.523. The molecule has 1 aliphatic heterocycles. The molecule has 0 aliphatic carbocycles. The smallest absolute Gasteiger partial charge is 0.249 e. The SMILES string of the molecule is C[C@@]1(CO)NCCN(c2ccc(Sc3cccc(OCc4ccccc4)c3)cc2Cl)C1=O. The maximum Gasteiger partial charge on any atom is 0.249 e. The molecule has 2 N–H and O–H groups in total. The lowest BCUT2D eigenvalue weighted by Gasteiger charge is -2.39. The summed E-state index contributed by atoms with van der Waals surface area (Å²) in [5.41, 5.74) is 0.782. The Balaban J connectivity index is 1.45. The van der Waals surface area contributed by atoms with Gasteiger partial charge >= 0.3 is 0 Å². The summed E-state index contributed by atoms with van der Waals surface area (Å²) in [6, 6.07) is 23.7. The summed E-state index contributed by atoms with van der Waals surface area (Å²) in [7, 11) is 0. The molecule has 7 heteroatoms. The lowest BCUT2D eigenvalue weighted by Crippen LogP contribution is -2.65. The van der Waals surface area contributed by atoms with E-state index in [0.29, 0.717) is 30.4 Å². The molecule has 1 saturated heterocycles. The highest BCUT2D eigenvalue weighted by Gasteiger charge is 2.40. The molecule has 1 heterocycles. The Bertz CT molecular complexity index is 1100. The van der Waals surface area contributed by atoms with Crippen LogP contribution < -0.4 is 15.0 Å². The van der Waals surface area contributed by atoms with Gasteiger partial charge in [0.25, 0.3) is 0 Å². The van der Waals surface area contributed by atoms with Crippen LogP contribution in [-0.4, -0.2) is 36.2 Å². The average molecular weight is 469 g/mol. The summed E-state index contributed by atoms with van der Waals surface area (Å²) >= 11 is 8.14. The van der Waals surface area contributed by atoms with Crippen LogP contribution in [0.5, 0.6) is 5.75 Å². The van der Waals surface area contributed by atoms with Crippen LogP contribution in [0.2, 0.25) is 5.02 Å². The van der Waals surface area contributed by atoms with E-state index in [1.165, 1.54) is 0 Å². The van der Waals surface area contributed by atoms with Gasteiger partial charge < -0.3 is 14.7 Å². The van der Waals surface area contributed by atoms with Gasteiger partial charge in [0.1, 0.15) is 17.9 Å². The second-order valence-electron chi connectivity index (χ2n) is 7.84. The molecule has 0 unspecified atom stereocenters. The first-order valence-electron chi connectivity index (χ1n) is 10.4. The van der Waals surface area contributed by atoms with Crippen LogP contribution >= 0.6 is 23.4 Å². The van der Waals surface area contributed by atoms with Crippen molar-refractivity contribution in [2.45, 2.75) is 28.9 Å². The van der Waals surface area contributed by atoms with Gasteiger partial charge in [0.2, 0.25) is 5.91 Å². The topological polar surface area (TPSA) is 61.8 Å². The van der Waals surface area contributed by atoms with E-state index < -0.39 is 5.54 Å². The third-order valence-corrected chi connectivity index (χ3v) is 6.67. The number of carbonyl (C=O) groups excluding carboxylic acids is 1. The van der Waals surface area contributed by atoms with E-state index in [-0.39, 0.29) is 12.5 Å². The number of aliphatic hydroxyl groups excluding tert-OH is 1. The first kappa shape index (κ1) is 22.7.